The summed E-state index contributed by atoms with van der Waals surface area (Å²) < 4.78 is 9.70. The maximum atomic E-state index is 12.1. The first-order chi connectivity index (χ1) is 14.1. The Bertz CT molecular complexity index is 1050. The molecule has 0 aliphatic heterocycles. The highest BCUT2D eigenvalue weighted by molar-refractivity contribution is 8.00. The lowest BCUT2D eigenvalue weighted by atomic mass is 10.1. The van der Waals surface area contributed by atoms with E-state index in [-0.39, 0.29) is 11.3 Å². The second-order valence-corrected chi connectivity index (χ2v) is 7.09. The number of carbonyl (C=O) groups is 3. The molecule has 7 heteroatoms. The molecular weight excluding hydrogens is 390 g/mol. The number of hydrogen-bond donors (Lipinski definition) is 1. The first-order valence-electron chi connectivity index (χ1n) is 8.81. The van der Waals surface area contributed by atoms with E-state index in [0.717, 1.165) is 15.7 Å². The van der Waals surface area contributed by atoms with Gasteiger partial charge in [-0.1, -0.05) is 42.5 Å². The van der Waals surface area contributed by atoms with Gasteiger partial charge in [-0.05, 0) is 35.0 Å². The van der Waals surface area contributed by atoms with E-state index in [1.807, 2.05) is 42.5 Å². The molecule has 0 fully saturated rings. The van der Waals surface area contributed by atoms with Gasteiger partial charge in [0.25, 0.3) is 5.91 Å². The Balaban J connectivity index is 1.49. The number of thioether (sulfide) groups is 1. The molecule has 0 saturated heterocycles. The molecule has 0 aliphatic carbocycles. The number of carbonyl (C=O) groups excluding carboxylic acids is 3. The summed E-state index contributed by atoms with van der Waals surface area (Å²) in [6.07, 6.45) is 0. The van der Waals surface area contributed by atoms with Crippen molar-refractivity contribution in [2.45, 2.75) is 4.90 Å². The Morgan fingerprint density at radius 1 is 0.931 bits per heavy atom. The second kappa shape index (κ2) is 9.75. The third kappa shape index (κ3) is 5.58. The van der Waals surface area contributed by atoms with Gasteiger partial charge < -0.3 is 14.8 Å². The van der Waals surface area contributed by atoms with Crippen LogP contribution in [0.25, 0.3) is 10.8 Å². The van der Waals surface area contributed by atoms with Gasteiger partial charge in [-0.3, -0.25) is 9.59 Å². The zero-order chi connectivity index (χ0) is 20.6. The van der Waals surface area contributed by atoms with Gasteiger partial charge in [0, 0.05) is 4.90 Å². The highest BCUT2D eigenvalue weighted by atomic mass is 32.2. The SMILES string of the molecule is COC(=O)c1ccccc1NC(=O)COC(=O)CSc1ccc2ccccc2c1. The normalized spacial score (nSPS) is 10.4. The molecule has 6 nitrogen and oxygen atoms in total. The molecular formula is C22H19NO5S. The summed E-state index contributed by atoms with van der Waals surface area (Å²) in [5.41, 5.74) is 0.521. The maximum Gasteiger partial charge on any atom is 0.339 e. The van der Waals surface area contributed by atoms with E-state index in [0.29, 0.717) is 5.69 Å². The number of anilines is 1. The standard InChI is InChI=1S/C22H19NO5S/c1-27-22(26)18-8-4-5-9-19(18)23-20(24)13-28-21(25)14-29-17-11-10-15-6-2-3-7-16(15)12-17/h2-12H,13-14H2,1H3,(H,23,24). The van der Waals surface area contributed by atoms with Gasteiger partial charge in [0.15, 0.2) is 6.61 Å². The van der Waals surface area contributed by atoms with E-state index in [4.69, 9.17) is 4.74 Å². The average molecular weight is 409 g/mol. The number of para-hydroxylation sites is 1. The van der Waals surface area contributed by atoms with Crippen LogP contribution in [-0.2, 0) is 19.1 Å². The number of benzene rings is 3. The minimum absolute atomic E-state index is 0.0877. The lowest BCUT2D eigenvalue weighted by Gasteiger charge is -2.10. The predicted molar refractivity (Wildman–Crippen MR) is 112 cm³/mol. The van der Waals surface area contributed by atoms with Gasteiger partial charge >= 0.3 is 11.9 Å². The Morgan fingerprint density at radius 2 is 1.66 bits per heavy atom. The number of fused-ring (bicyclic) bond motifs is 1. The molecule has 0 aromatic heterocycles. The molecule has 0 aliphatic rings. The summed E-state index contributed by atoms with van der Waals surface area (Å²) in [4.78, 5) is 36.7. The van der Waals surface area contributed by atoms with Gasteiger partial charge in [0.05, 0.1) is 24.1 Å². The monoisotopic (exact) mass is 409 g/mol. The highest BCUT2D eigenvalue weighted by Crippen LogP contribution is 2.23. The zero-order valence-corrected chi connectivity index (χ0v) is 16.5. The van der Waals surface area contributed by atoms with E-state index in [9.17, 15) is 14.4 Å². The molecule has 0 unspecified atom stereocenters. The number of amides is 1. The smallest absolute Gasteiger partial charge is 0.339 e. The fourth-order valence-electron chi connectivity index (χ4n) is 2.65. The lowest BCUT2D eigenvalue weighted by molar-refractivity contribution is -0.144. The number of nitrogens with one attached hydrogen (secondary N) is 1. The van der Waals surface area contributed by atoms with Crippen LogP contribution in [0.3, 0.4) is 0 Å². The molecule has 148 valence electrons. The third-order valence-electron chi connectivity index (χ3n) is 4.05. The Hall–Kier alpha value is -3.32. The van der Waals surface area contributed by atoms with Gasteiger partial charge in [-0.25, -0.2) is 4.79 Å². The van der Waals surface area contributed by atoms with Gasteiger partial charge in [0.2, 0.25) is 0 Å². The molecule has 29 heavy (non-hydrogen) atoms. The number of hydrogen-bond acceptors (Lipinski definition) is 6. The molecule has 0 heterocycles. The molecule has 3 aromatic carbocycles. The van der Waals surface area contributed by atoms with Crippen molar-refractivity contribution in [1.29, 1.82) is 0 Å². The van der Waals surface area contributed by atoms with Crippen LogP contribution in [0.4, 0.5) is 5.69 Å². The molecule has 1 N–H and O–H groups in total. The van der Waals surface area contributed by atoms with E-state index in [1.165, 1.54) is 24.9 Å². The molecule has 3 rings (SSSR count). The minimum Gasteiger partial charge on any atom is -0.465 e. The first-order valence-corrected chi connectivity index (χ1v) is 9.80. The Labute approximate surface area is 172 Å². The minimum atomic E-state index is -0.565. The molecule has 0 bridgehead atoms. The fourth-order valence-corrected chi connectivity index (χ4v) is 3.40. The van der Waals surface area contributed by atoms with Gasteiger partial charge in [-0.15, -0.1) is 11.8 Å². The van der Waals surface area contributed by atoms with Crippen LogP contribution in [0.15, 0.2) is 71.6 Å². The fraction of sp³-hybridized carbons (Fsp3) is 0.136. The van der Waals surface area contributed by atoms with E-state index in [1.54, 1.807) is 18.2 Å². The lowest BCUT2D eigenvalue weighted by Crippen LogP contribution is -2.22. The van der Waals surface area contributed by atoms with Crippen LogP contribution in [-0.4, -0.2) is 37.3 Å². The van der Waals surface area contributed by atoms with Crippen molar-refractivity contribution < 1.29 is 23.9 Å². The van der Waals surface area contributed by atoms with Crippen molar-refractivity contribution in [2.24, 2.45) is 0 Å². The summed E-state index contributed by atoms with van der Waals surface area (Å²) in [5, 5.41) is 4.77. The van der Waals surface area contributed by atoms with E-state index < -0.39 is 24.5 Å². The Morgan fingerprint density at radius 3 is 2.45 bits per heavy atom. The predicted octanol–water partition coefficient (Wildman–Crippen LogP) is 3.90. The molecule has 0 radical (unpaired) electrons. The molecule has 1 amide bonds. The average Bonchev–Trinajstić information content (AvgIpc) is 2.76. The summed E-state index contributed by atoms with van der Waals surface area (Å²) in [6, 6.07) is 20.3. The summed E-state index contributed by atoms with van der Waals surface area (Å²) in [7, 11) is 1.26. The van der Waals surface area contributed by atoms with E-state index >= 15 is 0 Å². The summed E-state index contributed by atoms with van der Waals surface area (Å²) in [6.45, 7) is -0.438. The number of rotatable bonds is 7. The van der Waals surface area contributed by atoms with Crippen LogP contribution < -0.4 is 5.32 Å². The van der Waals surface area contributed by atoms with Crippen molar-refractivity contribution in [3.05, 3.63) is 72.3 Å². The molecule has 0 atom stereocenters. The number of methoxy groups -OCH3 is 1. The number of esters is 2. The first kappa shape index (κ1) is 20.4. The molecule has 0 saturated carbocycles. The van der Waals surface area contributed by atoms with Crippen molar-refractivity contribution in [2.75, 3.05) is 24.8 Å². The third-order valence-corrected chi connectivity index (χ3v) is 5.02. The van der Waals surface area contributed by atoms with E-state index in [2.05, 4.69) is 10.1 Å². The number of ether oxygens (including phenoxy) is 2. The second-order valence-electron chi connectivity index (χ2n) is 6.04. The maximum absolute atomic E-state index is 12.1. The quantitative estimate of drug-likeness (QED) is 0.471. The van der Waals surface area contributed by atoms with Crippen LogP contribution in [0.1, 0.15) is 10.4 Å². The van der Waals surface area contributed by atoms with Gasteiger partial charge in [0.1, 0.15) is 0 Å². The summed E-state index contributed by atoms with van der Waals surface area (Å²) in [5.74, 6) is -1.51. The Kier molecular flexibility index (Phi) is 6.86. The largest absolute Gasteiger partial charge is 0.465 e. The summed E-state index contributed by atoms with van der Waals surface area (Å²) >= 11 is 1.34. The van der Waals surface area contributed by atoms with Crippen molar-refractivity contribution in [3.63, 3.8) is 0 Å². The van der Waals surface area contributed by atoms with Gasteiger partial charge in [-0.2, -0.15) is 0 Å². The van der Waals surface area contributed by atoms with Crippen molar-refractivity contribution >= 4 is 46.1 Å². The van der Waals surface area contributed by atoms with Crippen LogP contribution in [0.5, 0.6) is 0 Å². The molecule has 0 spiro atoms. The topological polar surface area (TPSA) is 81.7 Å². The van der Waals surface area contributed by atoms with Crippen molar-refractivity contribution in [1.82, 2.24) is 0 Å². The van der Waals surface area contributed by atoms with Crippen molar-refractivity contribution in [3.8, 4) is 0 Å². The van der Waals surface area contributed by atoms with Crippen LogP contribution in [0.2, 0.25) is 0 Å². The highest BCUT2D eigenvalue weighted by Gasteiger charge is 2.14. The molecule has 3 aromatic rings. The van der Waals surface area contributed by atoms with Crippen LogP contribution >= 0.6 is 11.8 Å². The van der Waals surface area contributed by atoms with Crippen LogP contribution in [0, 0.1) is 0 Å². The zero-order valence-electron chi connectivity index (χ0n) is 15.7.